The van der Waals surface area contributed by atoms with E-state index in [0.29, 0.717) is 18.1 Å². The average molecular weight is 345 g/mol. The number of carbonyl (C=O) groups is 1. The van der Waals surface area contributed by atoms with E-state index in [1.54, 1.807) is 4.90 Å². The highest BCUT2D eigenvalue weighted by Gasteiger charge is 2.35. The van der Waals surface area contributed by atoms with Gasteiger partial charge >= 0.3 is 0 Å². The van der Waals surface area contributed by atoms with E-state index >= 15 is 0 Å². The molecule has 1 aromatic rings. The number of nitrogens with two attached hydrogens (primary N) is 1. The fourth-order valence-electron chi connectivity index (χ4n) is 2.92. The first kappa shape index (κ1) is 17.2. The number of hydrogen-bond acceptors (Lipinski definition) is 3. The molecule has 1 unspecified atom stereocenters. The standard InChI is InChI=1S/C15H21ClN2O3S/c1-15(2,12-4-3-5-13(16)7-12)10-18-8-11(6-14(18)19)9-22(17,20)21/h3-5,7,11H,6,8-10H2,1-2H3,(H2,17,20,21). The average Bonchev–Trinajstić information content (AvgIpc) is 2.66. The molecule has 2 N–H and O–H groups in total. The zero-order valence-corrected chi connectivity index (χ0v) is 14.3. The number of carbonyl (C=O) groups excluding carboxylic acids is 1. The van der Waals surface area contributed by atoms with Crippen LogP contribution in [0.3, 0.4) is 0 Å². The third-order valence-electron chi connectivity index (χ3n) is 3.95. The Labute approximate surface area is 136 Å². The molecule has 122 valence electrons. The van der Waals surface area contributed by atoms with Crippen molar-refractivity contribution in [2.75, 3.05) is 18.8 Å². The van der Waals surface area contributed by atoms with Gasteiger partial charge in [0.25, 0.3) is 0 Å². The van der Waals surface area contributed by atoms with Crippen LogP contribution in [-0.2, 0) is 20.2 Å². The molecule has 1 atom stereocenters. The molecule has 1 amide bonds. The van der Waals surface area contributed by atoms with Crippen molar-refractivity contribution in [1.82, 2.24) is 4.90 Å². The molecule has 1 aliphatic rings. The molecule has 1 aliphatic heterocycles. The molecule has 0 saturated carbocycles. The fraction of sp³-hybridized carbons (Fsp3) is 0.533. The molecule has 0 spiro atoms. The van der Waals surface area contributed by atoms with Crippen molar-refractivity contribution in [3.8, 4) is 0 Å². The van der Waals surface area contributed by atoms with Crippen LogP contribution in [0, 0.1) is 5.92 Å². The van der Waals surface area contributed by atoms with Crippen LogP contribution in [0.15, 0.2) is 24.3 Å². The van der Waals surface area contributed by atoms with Crippen molar-refractivity contribution in [2.24, 2.45) is 11.1 Å². The van der Waals surface area contributed by atoms with Gasteiger partial charge in [0.05, 0.1) is 5.75 Å². The van der Waals surface area contributed by atoms with Crippen molar-refractivity contribution in [3.05, 3.63) is 34.9 Å². The monoisotopic (exact) mass is 344 g/mol. The molecule has 2 rings (SSSR count). The largest absolute Gasteiger partial charge is 0.341 e. The van der Waals surface area contributed by atoms with Crippen LogP contribution in [0.2, 0.25) is 5.02 Å². The van der Waals surface area contributed by atoms with Gasteiger partial charge in [-0.3, -0.25) is 4.79 Å². The summed E-state index contributed by atoms with van der Waals surface area (Å²) in [5, 5.41) is 5.73. The van der Waals surface area contributed by atoms with Gasteiger partial charge in [0.2, 0.25) is 15.9 Å². The van der Waals surface area contributed by atoms with Gasteiger partial charge in [-0.15, -0.1) is 0 Å². The minimum absolute atomic E-state index is 0.0243. The second-order valence-corrected chi connectivity index (χ2v) is 8.66. The van der Waals surface area contributed by atoms with Gasteiger partial charge in [-0.05, 0) is 17.7 Å². The first-order chi connectivity index (χ1) is 10.1. The van der Waals surface area contributed by atoms with E-state index in [2.05, 4.69) is 0 Å². The minimum atomic E-state index is -3.55. The van der Waals surface area contributed by atoms with E-state index in [4.69, 9.17) is 16.7 Å². The lowest BCUT2D eigenvalue weighted by Gasteiger charge is -2.31. The summed E-state index contributed by atoms with van der Waals surface area (Å²) < 4.78 is 22.4. The molecule has 7 heteroatoms. The van der Waals surface area contributed by atoms with Crippen molar-refractivity contribution in [1.29, 1.82) is 0 Å². The van der Waals surface area contributed by atoms with Crippen LogP contribution >= 0.6 is 11.6 Å². The molecule has 1 aromatic carbocycles. The Morgan fingerprint density at radius 3 is 2.68 bits per heavy atom. The smallest absolute Gasteiger partial charge is 0.222 e. The first-order valence-electron chi connectivity index (χ1n) is 7.11. The van der Waals surface area contributed by atoms with Crippen molar-refractivity contribution >= 4 is 27.5 Å². The van der Waals surface area contributed by atoms with Gasteiger partial charge in [0.15, 0.2) is 0 Å². The molecule has 22 heavy (non-hydrogen) atoms. The highest BCUT2D eigenvalue weighted by atomic mass is 35.5. The maximum absolute atomic E-state index is 12.1. The maximum atomic E-state index is 12.1. The Kier molecular flexibility index (Phi) is 4.84. The van der Waals surface area contributed by atoms with Crippen molar-refractivity contribution in [3.63, 3.8) is 0 Å². The molecule has 1 fully saturated rings. The Bertz CT molecular complexity index is 673. The van der Waals surface area contributed by atoms with Crippen LogP contribution in [0.1, 0.15) is 25.8 Å². The zero-order valence-electron chi connectivity index (χ0n) is 12.8. The number of hydrogen-bond donors (Lipinski definition) is 1. The van der Waals surface area contributed by atoms with E-state index in [1.165, 1.54) is 0 Å². The van der Waals surface area contributed by atoms with E-state index < -0.39 is 10.0 Å². The Morgan fingerprint density at radius 1 is 1.41 bits per heavy atom. The summed E-state index contributed by atoms with van der Waals surface area (Å²) in [6, 6.07) is 7.57. The molecule has 1 saturated heterocycles. The minimum Gasteiger partial charge on any atom is -0.341 e. The first-order valence-corrected chi connectivity index (χ1v) is 9.20. The van der Waals surface area contributed by atoms with Gasteiger partial charge < -0.3 is 4.90 Å². The lowest BCUT2D eigenvalue weighted by molar-refractivity contribution is -0.128. The molecule has 0 aliphatic carbocycles. The number of rotatable bonds is 5. The number of primary sulfonamides is 1. The highest BCUT2D eigenvalue weighted by Crippen LogP contribution is 2.29. The normalized spacial score (nSPS) is 19.7. The van der Waals surface area contributed by atoms with E-state index in [0.717, 1.165) is 5.56 Å². The summed E-state index contributed by atoms with van der Waals surface area (Å²) in [4.78, 5) is 13.8. The van der Waals surface area contributed by atoms with Crippen LogP contribution < -0.4 is 5.14 Å². The molecule has 5 nitrogen and oxygen atoms in total. The third kappa shape index (κ3) is 4.44. The number of halogens is 1. The Morgan fingerprint density at radius 2 is 2.09 bits per heavy atom. The number of benzene rings is 1. The van der Waals surface area contributed by atoms with Crippen LogP contribution in [0.25, 0.3) is 0 Å². The van der Waals surface area contributed by atoms with Crippen LogP contribution in [0.4, 0.5) is 0 Å². The quantitative estimate of drug-likeness (QED) is 0.883. The van der Waals surface area contributed by atoms with Crippen molar-refractivity contribution < 1.29 is 13.2 Å². The third-order valence-corrected chi connectivity index (χ3v) is 5.13. The summed E-state index contributed by atoms with van der Waals surface area (Å²) in [6.45, 7) is 5.03. The predicted octanol–water partition coefficient (Wildman–Crippen LogP) is 1.75. The summed E-state index contributed by atoms with van der Waals surface area (Å²) in [6.07, 6.45) is 0.238. The Hall–Kier alpha value is -1.11. The molecule has 1 heterocycles. The number of sulfonamides is 1. The zero-order chi connectivity index (χ0) is 16.5. The summed E-state index contributed by atoms with van der Waals surface area (Å²) in [5.41, 5.74) is 0.777. The van der Waals surface area contributed by atoms with E-state index in [-0.39, 0.29) is 29.4 Å². The van der Waals surface area contributed by atoms with Gasteiger partial charge in [0.1, 0.15) is 0 Å². The van der Waals surface area contributed by atoms with E-state index in [1.807, 2.05) is 38.1 Å². The molecular weight excluding hydrogens is 324 g/mol. The van der Waals surface area contributed by atoms with E-state index in [9.17, 15) is 13.2 Å². The Balaban J connectivity index is 2.08. The second kappa shape index (κ2) is 6.18. The van der Waals surface area contributed by atoms with Crippen LogP contribution in [-0.4, -0.2) is 38.1 Å². The number of amides is 1. The number of likely N-dealkylation sites (tertiary alicyclic amines) is 1. The maximum Gasteiger partial charge on any atom is 0.222 e. The summed E-state index contributed by atoms with van der Waals surface area (Å²) >= 11 is 6.03. The fourth-order valence-corrected chi connectivity index (χ4v) is 4.00. The SMILES string of the molecule is CC(C)(CN1CC(CS(N)(=O)=O)CC1=O)c1cccc(Cl)c1. The lowest BCUT2D eigenvalue weighted by atomic mass is 9.84. The number of nitrogens with zero attached hydrogens (tertiary/aromatic N) is 1. The molecule has 0 bridgehead atoms. The summed E-state index contributed by atoms with van der Waals surface area (Å²) in [5.74, 6) is -0.395. The molecule has 0 radical (unpaired) electrons. The molecular formula is C15H21ClN2O3S. The lowest BCUT2D eigenvalue weighted by Crippen LogP contribution is -2.38. The summed E-state index contributed by atoms with van der Waals surface area (Å²) in [7, 11) is -3.55. The highest BCUT2D eigenvalue weighted by molar-refractivity contribution is 7.89. The van der Waals surface area contributed by atoms with Crippen molar-refractivity contribution in [2.45, 2.75) is 25.7 Å². The predicted molar refractivity (Wildman–Crippen MR) is 87.1 cm³/mol. The molecule has 0 aromatic heterocycles. The van der Waals surface area contributed by atoms with Crippen LogP contribution in [0.5, 0.6) is 0 Å². The van der Waals surface area contributed by atoms with Gasteiger partial charge in [-0.1, -0.05) is 37.6 Å². The van der Waals surface area contributed by atoms with Gasteiger partial charge in [-0.25, -0.2) is 13.6 Å². The van der Waals surface area contributed by atoms with Gasteiger partial charge in [0, 0.05) is 35.9 Å². The topological polar surface area (TPSA) is 80.5 Å². The second-order valence-electron chi connectivity index (χ2n) is 6.57. The van der Waals surface area contributed by atoms with Gasteiger partial charge in [-0.2, -0.15) is 0 Å².